The lowest BCUT2D eigenvalue weighted by atomic mass is 10.1. The van der Waals surface area contributed by atoms with Crippen LogP contribution in [0.25, 0.3) is 44.6 Å². The fourth-order valence-electron chi connectivity index (χ4n) is 6.34. The van der Waals surface area contributed by atoms with E-state index in [1.807, 2.05) is 80.9 Å². The van der Waals surface area contributed by atoms with E-state index in [0.717, 1.165) is 44.3 Å². The Morgan fingerprint density at radius 1 is 0.746 bits per heavy atom. The first-order chi connectivity index (χ1) is 28.6. The molecular weight excluding hydrogens is 755 g/mol. The Bertz CT molecular complexity index is 2730. The summed E-state index contributed by atoms with van der Waals surface area (Å²) < 4.78 is 13.1. The molecule has 7 N–H and O–H groups in total. The lowest BCUT2D eigenvalue weighted by Gasteiger charge is -2.15. The highest BCUT2D eigenvalue weighted by molar-refractivity contribution is 5.84. The topological polar surface area (TPSA) is 243 Å². The van der Waals surface area contributed by atoms with Crippen molar-refractivity contribution in [1.29, 1.82) is 0 Å². The second-order valence-electron chi connectivity index (χ2n) is 14.2. The van der Waals surface area contributed by atoms with E-state index < -0.39 is 0 Å². The molecule has 0 aliphatic heterocycles. The number of hydrogen-bond donors (Lipinski definition) is 7. The van der Waals surface area contributed by atoms with Gasteiger partial charge in [0.05, 0.1) is 30.0 Å². The largest absolute Gasteiger partial charge is 0.484 e. The summed E-state index contributed by atoms with van der Waals surface area (Å²) in [4.78, 5) is 38.1. The molecule has 1 unspecified atom stereocenters. The normalized spacial score (nSPS) is 11.8. The third-order valence-electron chi connectivity index (χ3n) is 9.05. The lowest BCUT2D eigenvalue weighted by molar-refractivity contribution is -0.124. The van der Waals surface area contributed by atoms with Crippen LogP contribution >= 0.6 is 0 Å². The number of carbonyl (C=O) groups excluding carboxylic acids is 2. The van der Waals surface area contributed by atoms with Crippen LogP contribution in [0.5, 0.6) is 11.6 Å². The zero-order valence-electron chi connectivity index (χ0n) is 32.6. The summed E-state index contributed by atoms with van der Waals surface area (Å²) >= 11 is 0. The number of carbonyl (C=O) groups is 2. The molecule has 59 heavy (non-hydrogen) atoms. The van der Waals surface area contributed by atoms with Gasteiger partial charge >= 0.3 is 0 Å². The minimum atomic E-state index is -0.251. The van der Waals surface area contributed by atoms with Gasteiger partial charge in [0.1, 0.15) is 5.75 Å². The van der Waals surface area contributed by atoms with Crippen LogP contribution in [0.3, 0.4) is 0 Å². The van der Waals surface area contributed by atoms with Crippen molar-refractivity contribution in [3.8, 4) is 34.4 Å². The maximum atomic E-state index is 12.9. The Hall–Kier alpha value is -7.83. The summed E-state index contributed by atoms with van der Waals surface area (Å²) in [6, 6.07) is 20.4. The van der Waals surface area contributed by atoms with Gasteiger partial charge in [0, 0.05) is 57.6 Å². The average molecular weight is 796 g/mol. The molecule has 19 nitrogen and oxygen atoms in total. The lowest BCUT2D eigenvalue weighted by Crippen LogP contribution is -2.38. The third-order valence-corrected chi connectivity index (χ3v) is 9.05. The first kappa shape index (κ1) is 38.1. The number of aromatic amines is 3. The predicted octanol–water partition coefficient (Wildman–Crippen LogP) is 5.16. The molecular formula is C40H41N15O4. The number of amides is 2. The molecule has 0 saturated carbocycles. The molecule has 0 saturated heterocycles. The van der Waals surface area contributed by atoms with Crippen LogP contribution in [0.15, 0.2) is 85.3 Å². The van der Waals surface area contributed by atoms with E-state index in [4.69, 9.17) is 9.47 Å². The number of aryl methyl sites for hydroxylation is 1. The van der Waals surface area contributed by atoms with Crippen molar-refractivity contribution in [3.05, 3.63) is 90.9 Å². The number of anilines is 4. The standard InChI is InChI=1S/C40H41N15O4/c1-22(2)44-34(56)21-59-36-12-5-25(16-41-36)37-48-39(53-51-37)47-29-7-11-33-27(15-29)18-43-55(33)19-24(4)45-35(57)20-58-30-8-9-31(23(3)13-30)38-49-40(54-52-38)46-28-6-10-32-26(14-28)17-42-50-32/h5-18,22,24H,19-21H2,1-4H3,(H,42,50)(H,44,56)(H,45,57)(H2,46,49,52,54)(H2,47,48,51,53). The molecule has 1 atom stereocenters. The summed E-state index contributed by atoms with van der Waals surface area (Å²) in [5.74, 6) is 2.35. The van der Waals surface area contributed by atoms with Gasteiger partial charge in [0.25, 0.3) is 11.8 Å². The van der Waals surface area contributed by atoms with Crippen molar-refractivity contribution in [2.45, 2.75) is 46.3 Å². The van der Waals surface area contributed by atoms with Crippen molar-refractivity contribution < 1.29 is 19.1 Å². The highest BCUT2D eigenvalue weighted by atomic mass is 16.5. The number of nitrogens with zero attached hydrogens (tertiary/aromatic N) is 8. The summed E-state index contributed by atoms with van der Waals surface area (Å²) in [5, 5.41) is 40.1. The molecule has 0 aliphatic rings. The van der Waals surface area contributed by atoms with E-state index in [1.165, 1.54) is 0 Å². The van der Waals surface area contributed by atoms with Crippen molar-refractivity contribution in [2.24, 2.45) is 0 Å². The number of aromatic nitrogens is 11. The van der Waals surface area contributed by atoms with E-state index in [2.05, 4.69) is 71.9 Å². The van der Waals surface area contributed by atoms with Gasteiger partial charge in [0.15, 0.2) is 24.9 Å². The molecule has 0 bridgehead atoms. The highest BCUT2D eigenvalue weighted by Crippen LogP contribution is 2.27. The molecule has 5 heterocycles. The van der Waals surface area contributed by atoms with Gasteiger partial charge in [-0.2, -0.15) is 20.2 Å². The molecule has 300 valence electrons. The molecule has 0 radical (unpaired) electrons. The minimum Gasteiger partial charge on any atom is -0.484 e. The van der Waals surface area contributed by atoms with Crippen LogP contribution in [0.1, 0.15) is 26.3 Å². The highest BCUT2D eigenvalue weighted by Gasteiger charge is 2.15. The van der Waals surface area contributed by atoms with E-state index in [1.54, 1.807) is 36.8 Å². The van der Waals surface area contributed by atoms with Gasteiger partial charge < -0.3 is 30.7 Å². The van der Waals surface area contributed by atoms with Crippen LogP contribution in [0.2, 0.25) is 0 Å². The van der Waals surface area contributed by atoms with Crippen molar-refractivity contribution in [2.75, 3.05) is 23.8 Å². The number of H-pyrrole nitrogens is 3. The van der Waals surface area contributed by atoms with Crippen molar-refractivity contribution in [3.63, 3.8) is 0 Å². The Balaban J connectivity index is 0.800. The number of pyridine rings is 1. The second kappa shape index (κ2) is 16.7. The first-order valence-corrected chi connectivity index (χ1v) is 18.8. The molecule has 0 aliphatic carbocycles. The minimum absolute atomic E-state index is 0.0314. The smallest absolute Gasteiger partial charge is 0.258 e. The number of ether oxygens (including phenoxy) is 2. The maximum Gasteiger partial charge on any atom is 0.258 e. The zero-order chi connectivity index (χ0) is 40.9. The van der Waals surface area contributed by atoms with Crippen molar-refractivity contribution >= 4 is 56.9 Å². The zero-order valence-corrected chi connectivity index (χ0v) is 32.6. The number of fused-ring (bicyclic) bond motifs is 2. The van der Waals surface area contributed by atoms with Gasteiger partial charge in [-0.25, -0.2) is 4.98 Å². The Morgan fingerprint density at radius 2 is 1.47 bits per heavy atom. The molecule has 2 amide bonds. The van der Waals surface area contributed by atoms with Gasteiger partial charge in [-0.05, 0) is 93.9 Å². The summed E-state index contributed by atoms with van der Waals surface area (Å²) in [5.41, 5.74) is 5.93. The summed E-state index contributed by atoms with van der Waals surface area (Å²) in [7, 11) is 0. The Morgan fingerprint density at radius 3 is 2.24 bits per heavy atom. The van der Waals surface area contributed by atoms with E-state index >= 15 is 0 Å². The van der Waals surface area contributed by atoms with Gasteiger partial charge in [-0.1, -0.05) is 0 Å². The monoisotopic (exact) mass is 795 g/mol. The molecule has 5 aromatic heterocycles. The first-order valence-electron chi connectivity index (χ1n) is 18.8. The van der Waals surface area contributed by atoms with Crippen LogP contribution < -0.4 is 30.7 Å². The molecule has 3 aromatic carbocycles. The molecule has 0 fully saturated rings. The van der Waals surface area contributed by atoms with Gasteiger partial charge in [-0.3, -0.25) is 29.6 Å². The Labute approximate surface area is 336 Å². The number of nitrogens with one attached hydrogen (secondary N) is 7. The second-order valence-corrected chi connectivity index (χ2v) is 14.2. The van der Waals surface area contributed by atoms with Crippen molar-refractivity contribution in [1.82, 2.24) is 66.0 Å². The fraction of sp³-hybridized carbons (Fsp3) is 0.225. The summed E-state index contributed by atoms with van der Waals surface area (Å²) in [6.07, 6.45) is 5.13. The average Bonchev–Trinajstić information content (AvgIpc) is 4.05. The van der Waals surface area contributed by atoms with Crippen LogP contribution in [0.4, 0.5) is 23.3 Å². The van der Waals surface area contributed by atoms with Crippen LogP contribution in [-0.2, 0) is 16.1 Å². The van der Waals surface area contributed by atoms with E-state index in [9.17, 15) is 9.59 Å². The number of hydrogen-bond acceptors (Lipinski definition) is 13. The maximum absolute atomic E-state index is 12.9. The van der Waals surface area contributed by atoms with Crippen LogP contribution in [0, 0.1) is 6.92 Å². The van der Waals surface area contributed by atoms with Gasteiger partial charge in [0.2, 0.25) is 17.8 Å². The SMILES string of the molecule is Cc1cc(OCC(=O)NC(C)Cn2ncc3cc(Nc4n[nH]c(-c5ccc(OCC(=O)NC(C)C)nc5)n4)ccc32)ccc1-c1nc(Nc2ccc3[nH]ncc3c2)n[nH]1. The number of rotatable bonds is 16. The third kappa shape index (κ3) is 9.25. The van der Waals surface area contributed by atoms with E-state index in [0.29, 0.717) is 47.3 Å². The molecule has 8 rings (SSSR count). The van der Waals surface area contributed by atoms with Gasteiger partial charge in [-0.15, -0.1) is 10.2 Å². The van der Waals surface area contributed by atoms with E-state index in [-0.39, 0.29) is 37.1 Å². The quantitative estimate of drug-likeness (QED) is 0.0669. The Kier molecular flexibility index (Phi) is 10.8. The fourth-order valence-corrected chi connectivity index (χ4v) is 6.34. The predicted molar refractivity (Wildman–Crippen MR) is 220 cm³/mol. The molecule has 8 aromatic rings. The summed E-state index contributed by atoms with van der Waals surface area (Å²) in [6.45, 7) is 7.82. The van der Waals surface area contributed by atoms with Crippen LogP contribution in [-0.4, -0.2) is 92.4 Å². The molecule has 19 heteroatoms. The number of benzene rings is 3. The molecule has 0 spiro atoms.